The molecule has 0 radical (unpaired) electrons. The lowest BCUT2D eigenvalue weighted by molar-refractivity contribution is -0.148. The van der Waals surface area contributed by atoms with Crippen molar-refractivity contribution in [3.05, 3.63) is 88.9 Å². The van der Waals surface area contributed by atoms with Gasteiger partial charge in [0, 0.05) is 35.8 Å². The predicted molar refractivity (Wildman–Crippen MR) is 150 cm³/mol. The van der Waals surface area contributed by atoms with Crippen molar-refractivity contribution in [2.75, 3.05) is 25.1 Å². The van der Waals surface area contributed by atoms with E-state index in [0.29, 0.717) is 50.1 Å². The van der Waals surface area contributed by atoms with Gasteiger partial charge in [-0.2, -0.15) is 0 Å². The van der Waals surface area contributed by atoms with Crippen LogP contribution >= 0.6 is 11.3 Å². The topological polar surface area (TPSA) is 114 Å². The lowest BCUT2D eigenvalue weighted by Crippen LogP contribution is -2.68. The van der Waals surface area contributed by atoms with Gasteiger partial charge in [0.1, 0.15) is 27.9 Å². The molecule has 4 aromatic rings. The number of nitrogens with zero attached hydrogens (tertiary/aromatic N) is 4. The van der Waals surface area contributed by atoms with Gasteiger partial charge >= 0.3 is 0 Å². The van der Waals surface area contributed by atoms with E-state index in [2.05, 4.69) is 36.1 Å². The second-order valence-electron chi connectivity index (χ2n) is 10.4. The summed E-state index contributed by atoms with van der Waals surface area (Å²) in [6, 6.07) is 16.8. The van der Waals surface area contributed by atoms with Gasteiger partial charge in [-0.1, -0.05) is 36.8 Å². The van der Waals surface area contributed by atoms with Crippen molar-refractivity contribution in [2.45, 2.75) is 43.3 Å². The van der Waals surface area contributed by atoms with E-state index in [1.54, 1.807) is 18.5 Å². The molecule has 0 unspecified atom stereocenters. The van der Waals surface area contributed by atoms with Crippen LogP contribution in [-0.4, -0.2) is 51.4 Å². The summed E-state index contributed by atoms with van der Waals surface area (Å²) in [4.78, 5) is 22.7. The van der Waals surface area contributed by atoms with Crippen LogP contribution in [0.25, 0.3) is 10.7 Å². The van der Waals surface area contributed by atoms with Crippen molar-refractivity contribution in [3.63, 3.8) is 0 Å². The molecular weight excluding hydrogens is 529 g/mol. The van der Waals surface area contributed by atoms with E-state index in [1.165, 1.54) is 17.4 Å². The van der Waals surface area contributed by atoms with Gasteiger partial charge in [-0.25, -0.2) is 9.37 Å². The largest absolute Gasteiger partial charge is 0.376 e. The van der Waals surface area contributed by atoms with E-state index in [9.17, 15) is 9.18 Å². The van der Waals surface area contributed by atoms with Gasteiger partial charge in [-0.05, 0) is 42.7 Å². The molecule has 1 aliphatic heterocycles. The first-order chi connectivity index (χ1) is 19.6. The van der Waals surface area contributed by atoms with E-state index in [0.717, 1.165) is 34.7 Å². The van der Waals surface area contributed by atoms with Crippen LogP contribution in [0.15, 0.2) is 67.0 Å². The zero-order chi connectivity index (χ0) is 27.4. The summed E-state index contributed by atoms with van der Waals surface area (Å²) in [6.07, 6.45) is 6.21. The lowest BCUT2D eigenvalue weighted by Gasteiger charge is -2.41. The number of carbonyl (C=O) groups excluding carboxylic acids is 1. The van der Waals surface area contributed by atoms with Crippen molar-refractivity contribution in [3.8, 4) is 10.7 Å². The first-order valence-electron chi connectivity index (χ1n) is 13.3. The molecule has 2 aliphatic rings. The summed E-state index contributed by atoms with van der Waals surface area (Å²) in [5.74, 6) is 0.266. The van der Waals surface area contributed by atoms with E-state index in [-0.39, 0.29) is 17.1 Å². The Morgan fingerprint density at radius 2 is 1.85 bits per heavy atom. The van der Waals surface area contributed by atoms with Gasteiger partial charge in [0.2, 0.25) is 5.91 Å². The first-order valence-corrected chi connectivity index (χ1v) is 14.2. The van der Waals surface area contributed by atoms with E-state index >= 15 is 0 Å². The minimum atomic E-state index is -0.724. The molecule has 0 atom stereocenters. The van der Waals surface area contributed by atoms with Crippen LogP contribution < -0.4 is 16.0 Å². The van der Waals surface area contributed by atoms with Gasteiger partial charge in [-0.15, -0.1) is 21.5 Å². The molecule has 0 spiro atoms. The summed E-state index contributed by atoms with van der Waals surface area (Å²) in [5, 5.41) is 19.1. The normalized spacial score (nSPS) is 16.9. The molecule has 11 heteroatoms. The number of pyridine rings is 1. The Kier molecular flexibility index (Phi) is 7.50. The number of thiazole rings is 1. The maximum Gasteiger partial charge on any atom is 0.245 e. The molecular formula is C29H30FN7O2S. The number of anilines is 1. The number of hydrogen-bond acceptors (Lipinski definition) is 9. The summed E-state index contributed by atoms with van der Waals surface area (Å²) in [5.41, 5.74) is 1.24. The van der Waals surface area contributed by atoms with Crippen molar-refractivity contribution in [2.24, 2.45) is 0 Å². The summed E-state index contributed by atoms with van der Waals surface area (Å²) < 4.78 is 19.8. The lowest BCUT2D eigenvalue weighted by atomic mass is 9.66. The molecule has 1 saturated heterocycles. The zero-order valence-electron chi connectivity index (χ0n) is 21.9. The van der Waals surface area contributed by atoms with Crippen LogP contribution in [0.1, 0.15) is 35.4 Å². The molecule has 9 nitrogen and oxygen atoms in total. The van der Waals surface area contributed by atoms with E-state index in [4.69, 9.17) is 4.74 Å². The highest BCUT2D eigenvalue weighted by atomic mass is 32.1. The Balaban J connectivity index is 1.03. The van der Waals surface area contributed by atoms with Gasteiger partial charge in [0.05, 0.1) is 25.5 Å². The van der Waals surface area contributed by atoms with Gasteiger partial charge in [-0.3, -0.25) is 15.1 Å². The molecule has 2 fully saturated rings. The first kappa shape index (κ1) is 26.4. The Morgan fingerprint density at radius 1 is 1.00 bits per heavy atom. The third kappa shape index (κ3) is 5.45. The summed E-state index contributed by atoms with van der Waals surface area (Å²) in [7, 11) is 0. The fraction of sp³-hybridized carbons (Fsp3) is 0.345. The Labute approximate surface area is 235 Å². The van der Waals surface area contributed by atoms with Crippen molar-refractivity contribution in [1.82, 2.24) is 30.8 Å². The van der Waals surface area contributed by atoms with Crippen molar-refractivity contribution in [1.29, 1.82) is 0 Å². The highest BCUT2D eigenvalue weighted by molar-refractivity contribution is 7.15. The van der Waals surface area contributed by atoms with Gasteiger partial charge in [0.25, 0.3) is 0 Å². The smallest absolute Gasteiger partial charge is 0.245 e. The summed E-state index contributed by atoms with van der Waals surface area (Å²) >= 11 is 1.46. The molecule has 1 aromatic carbocycles. The highest BCUT2D eigenvalue weighted by Gasteiger charge is 2.45. The fourth-order valence-corrected chi connectivity index (χ4v) is 5.83. The number of amides is 1. The number of benzene rings is 1. The number of hydrogen-bond donors (Lipinski definition) is 3. The number of halogens is 1. The monoisotopic (exact) mass is 559 g/mol. The van der Waals surface area contributed by atoms with Crippen molar-refractivity contribution < 1.29 is 13.9 Å². The van der Waals surface area contributed by atoms with E-state index < -0.39 is 5.54 Å². The standard InChI is InChI=1S/C29H30FN7O2S/c30-22-8-4-13-31-25(22)28(11-5-12-28)17-34-24-10-9-23(36-37-24)26-32-15-21(40-26)16-33-27(38)29(18-39-19-29)35-14-20-6-2-1-3-7-20/h1-4,6-10,13,15,35H,5,11-12,14,16-19H2,(H,33,38)(H,34,37). The van der Waals surface area contributed by atoms with E-state index in [1.807, 2.05) is 42.5 Å². The highest BCUT2D eigenvalue weighted by Crippen LogP contribution is 2.43. The minimum Gasteiger partial charge on any atom is -0.376 e. The SMILES string of the molecule is O=C(NCc1cnc(-c2ccc(NCC3(c4ncccc4F)CCC3)nn2)s1)C1(NCc2ccccc2)COC1. The molecule has 3 N–H and O–H groups in total. The second kappa shape index (κ2) is 11.4. The van der Waals surface area contributed by atoms with Crippen LogP contribution in [0.4, 0.5) is 10.2 Å². The fourth-order valence-electron chi connectivity index (χ4n) is 5.01. The average molecular weight is 560 g/mol. The third-order valence-corrected chi connectivity index (χ3v) is 8.66. The number of carbonyl (C=O) groups is 1. The molecule has 206 valence electrons. The number of nitrogens with one attached hydrogen (secondary N) is 3. The van der Waals surface area contributed by atoms with Crippen LogP contribution in [0.3, 0.4) is 0 Å². The minimum absolute atomic E-state index is 0.0883. The molecule has 6 rings (SSSR count). The van der Waals surface area contributed by atoms with Crippen LogP contribution in [-0.2, 0) is 28.0 Å². The molecule has 1 amide bonds. The Hall–Kier alpha value is -3.80. The van der Waals surface area contributed by atoms with Crippen LogP contribution in [0.2, 0.25) is 0 Å². The number of ether oxygens (including phenoxy) is 1. The van der Waals surface area contributed by atoms with Crippen molar-refractivity contribution >= 4 is 23.1 Å². The summed E-state index contributed by atoms with van der Waals surface area (Å²) in [6.45, 7) is 2.18. The van der Waals surface area contributed by atoms with Gasteiger partial charge in [0.15, 0.2) is 0 Å². The molecule has 0 bridgehead atoms. The third-order valence-electron chi connectivity index (χ3n) is 7.65. The maximum atomic E-state index is 14.4. The Bertz CT molecular complexity index is 1460. The van der Waals surface area contributed by atoms with Gasteiger partial charge < -0.3 is 15.4 Å². The molecule has 3 aromatic heterocycles. The molecule has 1 aliphatic carbocycles. The van der Waals surface area contributed by atoms with Crippen LogP contribution in [0, 0.1) is 5.82 Å². The Morgan fingerprint density at radius 3 is 2.52 bits per heavy atom. The quantitative estimate of drug-likeness (QED) is 0.254. The zero-order valence-corrected chi connectivity index (χ0v) is 22.7. The second-order valence-corrected chi connectivity index (χ2v) is 11.5. The number of rotatable bonds is 11. The predicted octanol–water partition coefficient (Wildman–Crippen LogP) is 3.84. The van der Waals surface area contributed by atoms with Crippen LogP contribution in [0.5, 0.6) is 0 Å². The molecule has 1 saturated carbocycles. The maximum absolute atomic E-state index is 14.4. The molecule has 4 heterocycles. The number of aromatic nitrogens is 4. The molecule has 40 heavy (non-hydrogen) atoms. The average Bonchev–Trinajstić information content (AvgIpc) is 3.42.